The Morgan fingerprint density at radius 3 is 2.61 bits per heavy atom. The van der Waals surface area contributed by atoms with E-state index >= 15 is 0 Å². The van der Waals surface area contributed by atoms with Gasteiger partial charge in [0.15, 0.2) is 0 Å². The normalized spacial score (nSPS) is 23.8. The number of likely N-dealkylation sites (tertiary alicyclic amines) is 1. The van der Waals surface area contributed by atoms with Gasteiger partial charge < -0.3 is 21.1 Å². The number of nitrogens with zero attached hydrogens (tertiary/aromatic N) is 3. The zero-order chi connectivity index (χ0) is 23.2. The Morgan fingerprint density at radius 2 is 1.97 bits per heavy atom. The lowest BCUT2D eigenvalue weighted by atomic mass is 9.65. The molecule has 2 aromatic rings. The molecule has 2 heterocycles. The summed E-state index contributed by atoms with van der Waals surface area (Å²) >= 11 is 0. The van der Waals surface area contributed by atoms with Crippen LogP contribution in [0.4, 0.5) is 5.82 Å². The van der Waals surface area contributed by atoms with Gasteiger partial charge in [-0.1, -0.05) is 30.2 Å². The van der Waals surface area contributed by atoms with Crippen molar-refractivity contribution < 1.29 is 14.3 Å². The molecule has 172 valence electrons. The third-order valence-corrected chi connectivity index (χ3v) is 7.10. The Kier molecular flexibility index (Phi) is 5.37. The molecule has 1 aliphatic heterocycles. The number of carbonyl (C=O) groups is 2. The first kappa shape index (κ1) is 21.5. The summed E-state index contributed by atoms with van der Waals surface area (Å²) < 4.78 is 6.91. The lowest BCUT2D eigenvalue weighted by Gasteiger charge is -2.45. The van der Waals surface area contributed by atoms with Crippen LogP contribution in [0.15, 0.2) is 24.3 Å². The third kappa shape index (κ3) is 4.09. The van der Waals surface area contributed by atoms with Crippen LogP contribution in [0.1, 0.15) is 54.1 Å². The van der Waals surface area contributed by atoms with Gasteiger partial charge in [0.05, 0.1) is 12.6 Å². The highest BCUT2D eigenvalue weighted by Gasteiger charge is 2.51. The fraction of sp³-hybridized carbons (Fsp3) is 0.480. The van der Waals surface area contributed by atoms with Gasteiger partial charge in [0, 0.05) is 31.7 Å². The topological polar surface area (TPSA) is 116 Å². The SMILES string of the molecule is COCc1ccc(-c2nn([C@H]3C[C@@]4(CCN(C(=O)C#CC5CC5)C4)C3)c(N)c2C(N)=O)cc1. The van der Waals surface area contributed by atoms with Crippen LogP contribution < -0.4 is 11.5 Å². The van der Waals surface area contributed by atoms with E-state index in [1.807, 2.05) is 29.2 Å². The van der Waals surface area contributed by atoms with Crippen LogP contribution >= 0.6 is 0 Å². The summed E-state index contributed by atoms with van der Waals surface area (Å²) in [6.45, 7) is 1.97. The van der Waals surface area contributed by atoms with E-state index in [0.717, 1.165) is 56.3 Å². The zero-order valence-corrected chi connectivity index (χ0v) is 18.8. The highest BCUT2D eigenvalue weighted by Crippen LogP contribution is 2.54. The van der Waals surface area contributed by atoms with Crippen molar-refractivity contribution in [1.82, 2.24) is 14.7 Å². The largest absolute Gasteiger partial charge is 0.383 e. The van der Waals surface area contributed by atoms with Crippen LogP contribution in [0.25, 0.3) is 11.3 Å². The molecule has 2 saturated carbocycles. The number of rotatable bonds is 5. The summed E-state index contributed by atoms with van der Waals surface area (Å²) in [5.74, 6) is 5.96. The van der Waals surface area contributed by atoms with Crippen LogP contribution in [0.3, 0.4) is 0 Å². The average Bonchev–Trinajstić information content (AvgIpc) is 3.38. The number of aromatic nitrogens is 2. The first-order valence-corrected chi connectivity index (χ1v) is 11.5. The average molecular weight is 448 g/mol. The second-order valence-corrected chi connectivity index (χ2v) is 9.63. The van der Waals surface area contributed by atoms with Crippen molar-refractivity contribution in [2.75, 3.05) is 25.9 Å². The van der Waals surface area contributed by atoms with Gasteiger partial charge in [-0.15, -0.1) is 0 Å². The molecule has 4 N–H and O–H groups in total. The summed E-state index contributed by atoms with van der Waals surface area (Å²) in [7, 11) is 1.65. The number of nitrogens with two attached hydrogens (primary N) is 2. The molecule has 1 aromatic carbocycles. The summed E-state index contributed by atoms with van der Waals surface area (Å²) in [5, 5.41) is 4.72. The maximum atomic E-state index is 12.4. The number of hydrogen-bond acceptors (Lipinski definition) is 5. The summed E-state index contributed by atoms with van der Waals surface area (Å²) in [5.41, 5.74) is 14.7. The number of primary amides is 1. The molecule has 1 aromatic heterocycles. The maximum Gasteiger partial charge on any atom is 0.298 e. The Hall–Kier alpha value is -3.31. The van der Waals surface area contributed by atoms with E-state index in [1.54, 1.807) is 11.8 Å². The number of methoxy groups -OCH3 is 1. The molecule has 0 radical (unpaired) electrons. The van der Waals surface area contributed by atoms with Crippen LogP contribution in [-0.2, 0) is 16.1 Å². The predicted octanol–water partition coefficient (Wildman–Crippen LogP) is 2.34. The second kappa shape index (κ2) is 8.23. The van der Waals surface area contributed by atoms with Gasteiger partial charge in [-0.3, -0.25) is 9.59 Å². The number of carbonyl (C=O) groups excluding carboxylic acids is 2. The smallest absolute Gasteiger partial charge is 0.298 e. The molecule has 8 heteroatoms. The first-order valence-electron chi connectivity index (χ1n) is 11.5. The van der Waals surface area contributed by atoms with Crippen molar-refractivity contribution in [3.8, 4) is 23.1 Å². The lowest BCUT2D eigenvalue weighted by molar-refractivity contribution is -0.125. The standard InChI is InChI=1S/C25H29N5O3/c1-33-14-17-4-7-18(8-5-17)22-21(24(27)32)23(26)30(28-22)19-12-25(13-19)10-11-29(15-25)20(31)9-6-16-2-3-16/h4-5,7-8,16,19H,2-3,10-15,26H2,1H3,(H2,27,32)/t19-,25-. The molecule has 5 rings (SSSR count). The molecular formula is C25H29N5O3. The van der Waals surface area contributed by atoms with E-state index in [-0.39, 0.29) is 22.9 Å². The monoisotopic (exact) mass is 447 g/mol. The van der Waals surface area contributed by atoms with E-state index in [2.05, 4.69) is 11.8 Å². The van der Waals surface area contributed by atoms with E-state index < -0.39 is 5.91 Å². The molecule has 2 aliphatic carbocycles. The molecule has 0 atom stereocenters. The lowest BCUT2D eigenvalue weighted by Crippen LogP contribution is -2.42. The number of anilines is 1. The van der Waals surface area contributed by atoms with Crippen LogP contribution in [0, 0.1) is 23.2 Å². The fourth-order valence-corrected chi connectivity index (χ4v) is 5.12. The van der Waals surface area contributed by atoms with Gasteiger partial charge in [-0.25, -0.2) is 4.68 Å². The van der Waals surface area contributed by atoms with Gasteiger partial charge in [0.1, 0.15) is 17.1 Å². The van der Waals surface area contributed by atoms with Gasteiger partial charge >= 0.3 is 0 Å². The van der Waals surface area contributed by atoms with Gasteiger partial charge in [0.2, 0.25) is 0 Å². The summed E-state index contributed by atoms with van der Waals surface area (Å²) in [6.07, 6.45) is 4.91. The Labute approximate surface area is 193 Å². The minimum absolute atomic E-state index is 0.0592. The second-order valence-electron chi connectivity index (χ2n) is 9.63. The fourth-order valence-electron chi connectivity index (χ4n) is 5.12. The summed E-state index contributed by atoms with van der Waals surface area (Å²) in [4.78, 5) is 26.5. The van der Waals surface area contributed by atoms with Crippen LogP contribution in [0.2, 0.25) is 0 Å². The quantitative estimate of drug-likeness (QED) is 0.683. The molecule has 3 aliphatic rings. The number of nitrogen functional groups attached to an aromatic ring is 1. The first-order chi connectivity index (χ1) is 15.9. The zero-order valence-electron chi connectivity index (χ0n) is 18.8. The number of ether oxygens (including phenoxy) is 1. The van der Waals surface area contributed by atoms with Crippen LogP contribution in [-0.4, -0.2) is 46.7 Å². The van der Waals surface area contributed by atoms with Crippen LogP contribution in [0.5, 0.6) is 0 Å². The molecule has 3 fully saturated rings. The van der Waals surface area contributed by atoms with Crippen molar-refractivity contribution in [3.63, 3.8) is 0 Å². The molecule has 1 spiro atoms. The van der Waals surface area contributed by atoms with Crippen molar-refractivity contribution in [3.05, 3.63) is 35.4 Å². The minimum atomic E-state index is -0.587. The Morgan fingerprint density at radius 1 is 1.24 bits per heavy atom. The van der Waals surface area contributed by atoms with E-state index in [0.29, 0.717) is 24.0 Å². The molecule has 33 heavy (non-hydrogen) atoms. The third-order valence-electron chi connectivity index (χ3n) is 7.10. The maximum absolute atomic E-state index is 12.4. The molecule has 0 bridgehead atoms. The number of benzene rings is 1. The highest BCUT2D eigenvalue weighted by molar-refractivity contribution is 6.03. The molecule has 8 nitrogen and oxygen atoms in total. The van der Waals surface area contributed by atoms with E-state index in [4.69, 9.17) is 21.3 Å². The van der Waals surface area contributed by atoms with Crippen molar-refractivity contribution in [1.29, 1.82) is 0 Å². The van der Waals surface area contributed by atoms with E-state index in [9.17, 15) is 9.59 Å². The molecule has 0 unspecified atom stereocenters. The van der Waals surface area contributed by atoms with Crippen molar-refractivity contribution >= 4 is 17.6 Å². The molecule has 1 saturated heterocycles. The van der Waals surface area contributed by atoms with Crippen molar-refractivity contribution in [2.24, 2.45) is 17.1 Å². The van der Waals surface area contributed by atoms with E-state index in [1.165, 1.54) is 0 Å². The van der Waals surface area contributed by atoms with Gasteiger partial charge in [-0.05, 0) is 49.0 Å². The predicted molar refractivity (Wildman–Crippen MR) is 124 cm³/mol. The molecule has 2 amide bonds. The van der Waals surface area contributed by atoms with Crippen molar-refractivity contribution in [2.45, 2.75) is 44.8 Å². The summed E-state index contributed by atoms with van der Waals surface area (Å²) in [6, 6.07) is 7.76. The molecular weight excluding hydrogens is 418 g/mol. The number of hydrogen-bond donors (Lipinski definition) is 2. The Bertz CT molecular complexity index is 1150. The van der Waals surface area contributed by atoms with Gasteiger partial charge in [0.25, 0.3) is 11.8 Å². The van der Waals surface area contributed by atoms with Gasteiger partial charge in [-0.2, -0.15) is 5.10 Å². The number of amides is 2. The Balaban J connectivity index is 1.32. The minimum Gasteiger partial charge on any atom is -0.383 e. The highest BCUT2D eigenvalue weighted by atomic mass is 16.5.